The van der Waals surface area contributed by atoms with Crippen LogP contribution in [0.1, 0.15) is 6.42 Å². The first-order chi connectivity index (χ1) is 11.1. The zero-order valence-electron chi connectivity index (χ0n) is 11.8. The molecule has 0 fully saturated rings. The lowest BCUT2D eigenvalue weighted by molar-refractivity contribution is -0.115. The summed E-state index contributed by atoms with van der Waals surface area (Å²) in [7, 11) is 0. The fourth-order valence-corrected chi connectivity index (χ4v) is 2.57. The summed E-state index contributed by atoms with van der Waals surface area (Å²) in [4.78, 5) is 27.1. The van der Waals surface area contributed by atoms with Gasteiger partial charge in [-0.1, -0.05) is 23.2 Å². The van der Waals surface area contributed by atoms with Crippen LogP contribution in [-0.2, 0) is 4.79 Å². The maximum atomic E-state index is 11.9. The van der Waals surface area contributed by atoms with E-state index in [2.05, 4.69) is 30.6 Å². The molecule has 0 saturated carbocycles. The topological polar surface area (TPSA) is 95.6 Å². The molecule has 2 heterocycles. The smallest absolute Gasteiger partial charge is 0.226 e. The van der Waals surface area contributed by atoms with Crippen molar-refractivity contribution in [3.05, 3.63) is 40.9 Å². The first-order valence-corrected chi connectivity index (χ1v) is 7.51. The van der Waals surface area contributed by atoms with Gasteiger partial charge in [-0.05, 0) is 18.2 Å². The molecule has 0 aliphatic rings. The highest BCUT2D eigenvalue weighted by atomic mass is 35.5. The van der Waals surface area contributed by atoms with Crippen molar-refractivity contribution in [3.8, 4) is 0 Å². The number of imidazole rings is 1. The summed E-state index contributed by atoms with van der Waals surface area (Å²) in [5.74, 6) is 0.442. The zero-order chi connectivity index (χ0) is 16.2. The lowest BCUT2D eigenvalue weighted by Crippen LogP contribution is -2.16. The van der Waals surface area contributed by atoms with Crippen LogP contribution in [0.5, 0.6) is 0 Å². The van der Waals surface area contributed by atoms with E-state index in [1.54, 1.807) is 24.5 Å². The number of H-pyrrole nitrogens is 1. The Morgan fingerprint density at radius 3 is 2.70 bits per heavy atom. The van der Waals surface area contributed by atoms with Crippen LogP contribution in [0.2, 0.25) is 10.0 Å². The van der Waals surface area contributed by atoms with Gasteiger partial charge in [-0.25, -0.2) is 15.0 Å². The number of halogens is 2. The van der Waals surface area contributed by atoms with Crippen molar-refractivity contribution in [1.82, 2.24) is 19.9 Å². The second kappa shape index (κ2) is 6.80. The second-order valence-corrected chi connectivity index (χ2v) is 5.58. The van der Waals surface area contributed by atoms with E-state index in [1.165, 1.54) is 6.33 Å². The Morgan fingerprint density at radius 1 is 1.13 bits per heavy atom. The summed E-state index contributed by atoms with van der Waals surface area (Å²) < 4.78 is 0. The number of benzene rings is 1. The average Bonchev–Trinajstić information content (AvgIpc) is 2.95. The molecule has 9 heteroatoms. The van der Waals surface area contributed by atoms with Gasteiger partial charge in [0.2, 0.25) is 5.91 Å². The Kier molecular flexibility index (Phi) is 4.59. The minimum absolute atomic E-state index is 0.161. The highest BCUT2D eigenvalue weighted by Crippen LogP contribution is 2.22. The van der Waals surface area contributed by atoms with Crippen LogP contribution < -0.4 is 10.6 Å². The number of anilines is 2. The number of carbonyl (C=O) groups excluding carboxylic acids is 1. The normalized spacial score (nSPS) is 10.7. The van der Waals surface area contributed by atoms with Crippen molar-refractivity contribution in [3.63, 3.8) is 0 Å². The van der Waals surface area contributed by atoms with Crippen LogP contribution in [-0.4, -0.2) is 32.4 Å². The van der Waals surface area contributed by atoms with Gasteiger partial charge in [-0.3, -0.25) is 4.79 Å². The van der Waals surface area contributed by atoms with Crippen molar-refractivity contribution >= 4 is 51.8 Å². The van der Waals surface area contributed by atoms with Crippen molar-refractivity contribution in [2.24, 2.45) is 0 Å². The number of hydrogen-bond donors (Lipinski definition) is 3. The fraction of sp³-hybridized carbons (Fsp3) is 0.143. The number of nitrogens with zero attached hydrogens (tertiary/aromatic N) is 3. The first-order valence-electron chi connectivity index (χ1n) is 6.76. The molecule has 1 amide bonds. The van der Waals surface area contributed by atoms with Gasteiger partial charge in [-0.2, -0.15) is 0 Å². The van der Waals surface area contributed by atoms with Gasteiger partial charge in [0.05, 0.1) is 6.33 Å². The van der Waals surface area contributed by atoms with E-state index >= 15 is 0 Å². The van der Waals surface area contributed by atoms with E-state index in [9.17, 15) is 4.79 Å². The molecule has 3 aromatic rings. The van der Waals surface area contributed by atoms with E-state index in [4.69, 9.17) is 23.2 Å². The molecule has 3 rings (SSSR count). The number of rotatable bonds is 5. The van der Waals surface area contributed by atoms with Crippen molar-refractivity contribution < 1.29 is 4.79 Å². The van der Waals surface area contributed by atoms with Crippen LogP contribution in [0, 0.1) is 0 Å². The maximum Gasteiger partial charge on any atom is 0.226 e. The Hall–Kier alpha value is -2.38. The number of fused-ring (bicyclic) bond motifs is 1. The Morgan fingerprint density at radius 2 is 1.91 bits per heavy atom. The number of amides is 1. The van der Waals surface area contributed by atoms with Crippen LogP contribution >= 0.6 is 23.2 Å². The highest BCUT2D eigenvalue weighted by molar-refractivity contribution is 6.35. The van der Waals surface area contributed by atoms with Crippen molar-refractivity contribution in [2.45, 2.75) is 6.42 Å². The first kappa shape index (κ1) is 15.5. The quantitative estimate of drug-likeness (QED) is 0.657. The molecule has 1 aromatic carbocycles. The molecule has 0 unspecified atom stereocenters. The van der Waals surface area contributed by atoms with E-state index in [0.29, 0.717) is 39.3 Å². The van der Waals surface area contributed by atoms with E-state index in [0.717, 1.165) is 0 Å². The van der Waals surface area contributed by atoms with E-state index in [1.807, 2.05) is 0 Å². The van der Waals surface area contributed by atoms with E-state index in [-0.39, 0.29) is 12.3 Å². The molecule has 0 atom stereocenters. The van der Waals surface area contributed by atoms with Gasteiger partial charge in [-0.15, -0.1) is 0 Å². The molecule has 0 radical (unpaired) electrons. The highest BCUT2D eigenvalue weighted by Gasteiger charge is 2.07. The second-order valence-electron chi connectivity index (χ2n) is 4.71. The fourth-order valence-electron chi connectivity index (χ4n) is 2.04. The average molecular weight is 351 g/mol. The lowest BCUT2D eigenvalue weighted by atomic mass is 10.3. The minimum Gasteiger partial charge on any atom is -0.368 e. The Labute approximate surface area is 141 Å². The van der Waals surface area contributed by atoms with Gasteiger partial charge < -0.3 is 15.6 Å². The third-order valence-electron chi connectivity index (χ3n) is 3.01. The molecule has 0 bridgehead atoms. The van der Waals surface area contributed by atoms with Crippen LogP contribution in [0.3, 0.4) is 0 Å². The molecule has 0 saturated heterocycles. The predicted molar refractivity (Wildman–Crippen MR) is 89.9 cm³/mol. The molecule has 0 spiro atoms. The third kappa shape index (κ3) is 3.88. The summed E-state index contributed by atoms with van der Waals surface area (Å²) in [6, 6.07) is 4.87. The van der Waals surface area contributed by atoms with Crippen LogP contribution in [0.4, 0.5) is 11.5 Å². The molecule has 118 valence electrons. The molecule has 0 aliphatic carbocycles. The number of aromatic nitrogens is 4. The van der Waals surface area contributed by atoms with Gasteiger partial charge in [0.15, 0.2) is 11.5 Å². The monoisotopic (exact) mass is 350 g/mol. The summed E-state index contributed by atoms with van der Waals surface area (Å²) >= 11 is 11.8. The lowest BCUT2D eigenvalue weighted by Gasteiger charge is -2.08. The minimum atomic E-state index is -0.161. The summed E-state index contributed by atoms with van der Waals surface area (Å²) in [6.45, 7) is 0.408. The molecule has 7 nitrogen and oxygen atoms in total. The summed E-state index contributed by atoms with van der Waals surface area (Å²) in [5, 5.41) is 6.75. The molecule has 0 aliphatic heterocycles. The SMILES string of the molecule is O=C(CCNc1ncnc2nc[nH]c12)Nc1cc(Cl)cc(Cl)c1. The molecule has 3 N–H and O–H groups in total. The zero-order valence-corrected chi connectivity index (χ0v) is 13.3. The molecule has 2 aromatic heterocycles. The van der Waals surface area contributed by atoms with Gasteiger partial charge in [0.25, 0.3) is 0 Å². The van der Waals surface area contributed by atoms with Crippen LogP contribution in [0.15, 0.2) is 30.9 Å². The number of aromatic amines is 1. The van der Waals surface area contributed by atoms with Gasteiger partial charge in [0.1, 0.15) is 11.8 Å². The Balaban J connectivity index is 1.56. The predicted octanol–water partition coefficient (Wildman–Crippen LogP) is 3.10. The van der Waals surface area contributed by atoms with Gasteiger partial charge in [0, 0.05) is 28.7 Å². The number of carbonyl (C=O) groups is 1. The summed E-state index contributed by atoms with van der Waals surface area (Å²) in [6.07, 6.45) is 3.21. The van der Waals surface area contributed by atoms with Crippen molar-refractivity contribution in [2.75, 3.05) is 17.2 Å². The summed E-state index contributed by atoms with van der Waals surface area (Å²) in [5.41, 5.74) is 1.83. The largest absolute Gasteiger partial charge is 0.368 e. The van der Waals surface area contributed by atoms with Crippen molar-refractivity contribution in [1.29, 1.82) is 0 Å². The third-order valence-corrected chi connectivity index (χ3v) is 3.45. The Bertz CT molecular complexity index is 830. The standard InChI is InChI=1S/C14H12Cl2N6O/c15-8-3-9(16)5-10(4-8)22-11(23)1-2-17-13-12-14(19-6-18-12)21-7-20-13/h3-7H,1-2H2,(H,22,23)(H2,17,18,19,20,21). The van der Waals surface area contributed by atoms with E-state index < -0.39 is 0 Å². The van der Waals surface area contributed by atoms with Gasteiger partial charge >= 0.3 is 0 Å². The number of hydrogen-bond acceptors (Lipinski definition) is 5. The maximum absolute atomic E-state index is 11.9. The molecular weight excluding hydrogens is 339 g/mol. The molecule has 23 heavy (non-hydrogen) atoms. The van der Waals surface area contributed by atoms with Crippen LogP contribution in [0.25, 0.3) is 11.2 Å². The molecular formula is C14H12Cl2N6O. The number of nitrogens with one attached hydrogen (secondary N) is 3.